The second-order valence-electron chi connectivity index (χ2n) is 5.13. The van der Waals surface area contributed by atoms with Crippen LogP contribution in [0, 0.1) is 6.92 Å². The lowest BCUT2D eigenvalue weighted by atomic mass is 10.1. The summed E-state index contributed by atoms with van der Waals surface area (Å²) >= 11 is 1.36. The Labute approximate surface area is 137 Å². The van der Waals surface area contributed by atoms with Crippen LogP contribution < -0.4 is 0 Å². The van der Waals surface area contributed by atoms with Gasteiger partial charge in [0.25, 0.3) is 0 Å². The molecule has 0 saturated heterocycles. The molecule has 0 aliphatic rings. The average Bonchev–Trinajstić information content (AvgIpc) is 2.98. The first-order chi connectivity index (χ1) is 11.0. The number of ether oxygens (including phenoxy) is 1. The summed E-state index contributed by atoms with van der Waals surface area (Å²) in [6.07, 6.45) is 0. The van der Waals surface area contributed by atoms with Crippen molar-refractivity contribution in [3.8, 4) is 5.75 Å². The summed E-state index contributed by atoms with van der Waals surface area (Å²) in [5.41, 5.74) is 0.0545. The second kappa shape index (κ2) is 6.22. The summed E-state index contributed by atoms with van der Waals surface area (Å²) < 4.78 is 5.04. The molecule has 0 atom stereocenters. The van der Waals surface area contributed by atoms with E-state index in [9.17, 15) is 14.7 Å². The summed E-state index contributed by atoms with van der Waals surface area (Å²) in [6, 6.07) is 14.0. The molecule has 1 heterocycles. The van der Waals surface area contributed by atoms with Gasteiger partial charge in [-0.15, -0.1) is 11.3 Å². The first kappa shape index (κ1) is 15.2. The molecule has 1 N–H and O–H groups in total. The highest BCUT2D eigenvalue weighted by Crippen LogP contribution is 2.25. The average molecular weight is 326 g/mol. The lowest BCUT2D eigenvalue weighted by molar-refractivity contribution is 0.0473. The number of aromatic hydroxyl groups is 1. The molecule has 0 bridgehead atoms. The number of esters is 1. The van der Waals surface area contributed by atoms with Crippen LogP contribution in [-0.4, -0.2) is 23.5 Å². The Hall–Kier alpha value is -2.66. The zero-order chi connectivity index (χ0) is 16.4. The molecular weight excluding hydrogens is 312 g/mol. The Morgan fingerprint density at radius 3 is 2.43 bits per heavy atom. The molecule has 4 nitrogen and oxygen atoms in total. The van der Waals surface area contributed by atoms with E-state index < -0.39 is 5.97 Å². The molecule has 116 valence electrons. The first-order valence-electron chi connectivity index (χ1n) is 7.03. The summed E-state index contributed by atoms with van der Waals surface area (Å²) in [6.45, 7) is 1.56. The van der Waals surface area contributed by atoms with Gasteiger partial charge in [0.1, 0.15) is 11.3 Å². The highest BCUT2D eigenvalue weighted by atomic mass is 32.1. The van der Waals surface area contributed by atoms with Crippen molar-refractivity contribution in [1.29, 1.82) is 0 Å². The van der Waals surface area contributed by atoms with Crippen molar-refractivity contribution in [2.75, 3.05) is 6.61 Å². The number of thiophene rings is 1. The van der Waals surface area contributed by atoms with Crippen molar-refractivity contribution < 1.29 is 19.4 Å². The number of fused-ring (bicyclic) bond motifs is 1. The molecule has 5 heteroatoms. The fourth-order valence-corrected chi connectivity index (χ4v) is 3.05. The van der Waals surface area contributed by atoms with Gasteiger partial charge >= 0.3 is 5.97 Å². The van der Waals surface area contributed by atoms with Gasteiger partial charge in [-0.05, 0) is 42.0 Å². The van der Waals surface area contributed by atoms with Crippen LogP contribution in [0.3, 0.4) is 0 Å². The molecular formula is C18H14O4S. The molecule has 23 heavy (non-hydrogen) atoms. The number of hydrogen-bond donors (Lipinski definition) is 1. The highest BCUT2D eigenvalue weighted by Gasteiger charge is 2.16. The molecule has 1 aromatic heterocycles. The van der Waals surface area contributed by atoms with E-state index in [4.69, 9.17) is 4.74 Å². The van der Waals surface area contributed by atoms with Crippen LogP contribution >= 0.6 is 11.3 Å². The van der Waals surface area contributed by atoms with Gasteiger partial charge in [-0.1, -0.05) is 24.3 Å². The standard InChI is InChI=1S/C18H14O4S/c1-11-6-7-17(23-11)16(20)10-22-18(21)14-8-12-4-2-3-5-13(12)9-15(14)19/h2-9,19H,10H2,1H3. The molecule has 0 fully saturated rings. The molecule has 0 aliphatic carbocycles. The van der Waals surface area contributed by atoms with Gasteiger partial charge in [0.05, 0.1) is 4.88 Å². The quantitative estimate of drug-likeness (QED) is 0.582. The molecule has 0 unspecified atom stereocenters. The smallest absolute Gasteiger partial charge is 0.342 e. The second-order valence-corrected chi connectivity index (χ2v) is 6.41. The van der Waals surface area contributed by atoms with Crippen molar-refractivity contribution in [2.45, 2.75) is 6.92 Å². The first-order valence-corrected chi connectivity index (χ1v) is 7.85. The number of carbonyl (C=O) groups is 2. The summed E-state index contributed by atoms with van der Waals surface area (Å²) in [5, 5.41) is 11.6. The van der Waals surface area contributed by atoms with Gasteiger partial charge in [0.2, 0.25) is 5.78 Å². The topological polar surface area (TPSA) is 63.6 Å². The van der Waals surface area contributed by atoms with Crippen molar-refractivity contribution >= 4 is 33.9 Å². The molecule has 0 saturated carbocycles. The number of Topliss-reactive ketones (excluding diaryl/α,β-unsaturated/α-hetero) is 1. The van der Waals surface area contributed by atoms with E-state index >= 15 is 0 Å². The molecule has 0 amide bonds. The zero-order valence-electron chi connectivity index (χ0n) is 12.4. The minimum Gasteiger partial charge on any atom is -0.507 e. The third-order valence-electron chi connectivity index (χ3n) is 3.43. The van der Waals surface area contributed by atoms with Gasteiger partial charge in [-0.3, -0.25) is 4.79 Å². The predicted octanol–water partition coefficient (Wildman–Crippen LogP) is 3.96. The van der Waals surface area contributed by atoms with E-state index in [2.05, 4.69) is 0 Å². The predicted molar refractivity (Wildman–Crippen MR) is 89.3 cm³/mol. The Morgan fingerprint density at radius 2 is 1.78 bits per heavy atom. The Balaban J connectivity index is 1.75. The number of hydrogen-bond acceptors (Lipinski definition) is 5. The molecule has 3 aromatic rings. The SMILES string of the molecule is Cc1ccc(C(=O)COC(=O)c2cc3ccccc3cc2O)s1. The number of phenolic OH excluding ortho intramolecular Hbond substituents is 1. The zero-order valence-corrected chi connectivity index (χ0v) is 13.2. The normalized spacial score (nSPS) is 10.7. The number of aryl methyl sites for hydroxylation is 1. The Bertz CT molecular complexity index is 895. The van der Waals surface area contributed by atoms with E-state index in [0.29, 0.717) is 4.88 Å². The van der Waals surface area contributed by atoms with E-state index in [-0.39, 0.29) is 23.7 Å². The summed E-state index contributed by atoms with van der Waals surface area (Å²) in [4.78, 5) is 25.7. The molecule has 0 aliphatic heterocycles. The van der Waals surface area contributed by atoms with Crippen molar-refractivity contribution in [3.63, 3.8) is 0 Å². The van der Waals surface area contributed by atoms with Gasteiger partial charge in [-0.2, -0.15) is 0 Å². The molecule has 0 radical (unpaired) electrons. The van der Waals surface area contributed by atoms with Crippen LogP contribution in [-0.2, 0) is 4.74 Å². The van der Waals surface area contributed by atoms with Crippen molar-refractivity contribution in [3.05, 3.63) is 63.8 Å². The summed E-state index contributed by atoms with van der Waals surface area (Å²) in [5.74, 6) is -1.13. The monoisotopic (exact) mass is 326 g/mol. The number of benzene rings is 2. The van der Waals surface area contributed by atoms with E-state index in [1.807, 2.05) is 37.3 Å². The maximum absolute atomic E-state index is 12.1. The van der Waals surface area contributed by atoms with Crippen LogP contribution in [0.2, 0.25) is 0 Å². The summed E-state index contributed by atoms with van der Waals surface area (Å²) in [7, 11) is 0. The van der Waals surface area contributed by atoms with Gasteiger partial charge < -0.3 is 9.84 Å². The lowest BCUT2D eigenvalue weighted by Crippen LogP contribution is -2.13. The highest BCUT2D eigenvalue weighted by molar-refractivity contribution is 7.14. The minimum atomic E-state index is -0.713. The van der Waals surface area contributed by atoms with Crippen LogP contribution in [0.15, 0.2) is 48.5 Å². The van der Waals surface area contributed by atoms with E-state index in [1.165, 1.54) is 17.4 Å². The fourth-order valence-electron chi connectivity index (χ4n) is 2.26. The lowest BCUT2D eigenvalue weighted by Gasteiger charge is -2.07. The minimum absolute atomic E-state index is 0.0545. The third-order valence-corrected chi connectivity index (χ3v) is 4.48. The maximum Gasteiger partial charge on any atom is 0.342 e. The maximum atomic E-state index is 12.1. The van der Waals surface area contributed by atoms with Gasteiger partial charge in [0.15, 0.2) is 6.61 Å². The van der Waals surface area contributed by atoms with Crippen LogP contribution in [0.5, 0.6) is 5.75 Å². The van der Waals surface area contributed by atoms with Crippen molar-refractivity contribution in [2.24, 2.45) is 0 Å². The van der Waals surface area contributed by atoms with Crippen LogP contribution in [0.4, 0.5) is 0 Å². The van der Waals surface area contributed by atoms with Gasteiger partial charge in [0, 0.05) is 4.88 Å². The number of phenols is 1. The molecule has 3 rings (SSSR count). The Morgan fingerprint density at radius 1 is 1.09 bits per heavy atom. The third kappa shape index (κ3) is 3.24. The fraction of sp³-hybridized carbons (Fsp3) is 0.111. The van der Waals surface area contributed by atoms with Crippen LogP contribution in [0.1, 0.15) is 24.9 Å². The van der Waals surface area contributed by atoms with Crippen LogP contribution in [0.25, 0.3) is 10.8 Å². The van der Waals surface area contributed by atoms with Crippen molar-refractivity contribution in [1.82, 2.24) is 0 Å². The number of rotatable bonds is 4. The molecule has 2 aromatic carbocycles. The Kier molecular flexibility index (Phi) is 4.12. The van der Waals surface area contributed by atoms with E-state index in [0.717, 1.165) is 15.6 Å². The van der Waals surface area contributed by atoms with E-state index in [1.54, 1.807) is 12.1 Å². The largest absolute Gasteiger partial charge is 0.507 e. The molecule has 0 spiro atoms. The number of carbonyl (C=O) groups excluding carboxylic acids is 2. The number of ketones is 1. The van der Waals surface area contributed by atoms with Gasteiger partial charge in [-0.25, -0.2) is 4.79 Å².